The normalized spacial score (nSPS) is 23.8. The van der Waals surface area contributed by atoms with Crippen LogP contribution in [-0.2, 0) is 6.42 Å². The largest absolute Gasteiger partial charge is 0.309 e. The number of fused-ring (bicyclic) bond motifs is 1. The Balaban J connectivity index is 1.62. The second kappa shape index (κ2) is 5.41. The highest BCUT2D eigenvalue weighted by atomic mass is 15.1. The summed E-state index contributed by atoms with van der Waals surface area (Å²) in [6.07, 6.45) is 5.51. The first-order valence-electron chi connectivity index (χ1n) is 7.32. The van der Waals surface area contributed by atoms with Crippen molar-refractivity contribution in [3.05, 3.63) is 35.4 Å². The highest BCUT2D eigenvalue weighted by Crippen LogP contribution is 2.28. The van der Waals surface area contributed by atoms with Crippen LogP contribution >= 0.6 is 0 Å². The van der Waals surface area contributed by atoms with Crippen LogP contribution in [0.15, 0.2) is 24.3 Å². The summed E-state index contributed by atoms with van der Waals surface area (Å²) in [5, 5.41) is 3.67. The minimum atomic E-state index is 0.528. The van der Waals surface area contributed by atoms with Crippen LogP contribution in [0.1, 0.15) is 36.4 Å². The third kappa shape index (κ3) is 2.60. The Bertz CT molecular complexity index is 398. The van der Waals surface area contributed by atoms with Crippen LogP contribution < -0.4 is 5.32 Å². The van der Waals surface area contributed by atoms with Gasteiger partial charge < -0.3 is 10.2 Å². The summed E-state index contributed by atoms with van der Waals surface area (Å²) >= 11 is 0. The summed E-state index contributed by atoms with van der Waals surface area (Å²) in [6, 6.07) is 9.45. The molecule has 1 aliphatic heterocycles. The Morgan fingerprint density at radius 2 is 2.06 bits per heavy atom. The average molecular weight is 244 g/mol. The molecule has 2 aliphatic rings. The molecule has 1 aromatic rings. The molecule has 0 saturated heterocycles. The highest BCUT2D eigenvalue weighted by molar-refractivity contribution is 5.32. The van der Waals surface area contributed by atoms with Gasteiger partial charge in [-0.05, 0) is 49.9 Å². The van der Waals surface area contributed by atoms with Crippen molar-refractivity contribution in [1.82, 2.24) is 10.2 Å². The third-order valence-electron chi connectivity index (χ3n) is 4.50. The van der Waals surface area contributed by atoms with Crippen LogP contribution in [0.4, 0.5) is 0 Å². The van der Waals surface area contributed by atoms with E-state index in [0.717, 1.165) is 19.0 Å². The number of nitrogens with zero attached hydrogens (tertiary/aromatic N) is 1. The van der Waals surface area contributed by atoms with Crippen molar-refractivity contribution in [3.8, 4) is 0 Å². The van der Waals surface area contributed by atoms with Gasteiger partial charge in [-0.15, -0.1) is 0 Å². The fourth-order valence-corrected chi connectivity index (χ4v) is 3.26. The van der Waals surface area contributed by atoms with E-state index in [-0.39, 0.29) is 0 Å². The Morgan fingerprint density at radius 1 is 1.22 bits per heavy atom. The van der Waals surface area contributed by atoms with Gasteiger partial charge in [0.2, 0.25) is 0 Å². The molecule has 0 bridgehead atoms. The standard InChI is InChI=1S/C16H24N2/c1-18(11-13-5-4-6-13)12-16-15-8-3-2-7-14(15)9-10-17-16/h2-3,7-8,13,16-17H,4-6,9-12H2,1H3. The molecule has 1 aromatic carbocycles. The average Bonchev–Trinajstić information content (AvgIpc) is 2.34. The summed E-state index contributed by atoms with van der Waals surface area (Å²) < 4.78 is 0. The topological polar surface area (TPSA) is 15.3 Å². The molecule has 1 N–H and O–H groups in total. The summed E-state index contributed by atoms with van der Waals surface area (Å²) in [7, 11) is 2.28. The van der Waals surface area contributed by atoms with Gasteiger partial charge in [-0.25, -0.2) is 0 Å². The lowest BCUT2D eigenvalue weighted by atomic mass is 9.85. The predicted octanol–water partition coefficient (Wildman–Crippen LogP) is 2.61. The molecule has 98 valence electrons. The van der Waals surface area contributed by atoms with E-state index in [1.165, 1.54) is 37.8 Å². The van der Waals surface area contributed by atoms with Crippen molar-refractivity contribution in [2.24, 2.45) is 5.92 Å². The monoisotopic (exact) mass is 244 g/mol. The molecular formula is C16H24N2. The first-order chi connectivity index (χ1) is 8.83. The Hall–Kier alpha value is -0.860. The lowest BCUT2D eigenvalue weighted by Crippen LogP contribution is -2.39. The fraction of sp³-hybridized carbons (Fsp3) is 0.625. The zero-order chi connectivity index (χ0) is 12.4. The molecule has 0 radical (unpaired) electrons. The number of likely N-dealkylation sites (N-methyl/N-ethyl adjacent to an activating group) is 1. The minimum absolute atomic E-state index is 0.528. The maximum Gasteiger partial charge on any atom is 0.0452 e. The summed E-state index contributed by atoms with van der Waals surface area (Å²) in [5.41, 5.74) is 3.06. The fourth-order valence-electron chi connectivity index (χ4n) is 3.26. The van der Waals surface area contributed by atoms with E-state index in [9.17, 15) is 0 Å². The second-order valence-electron chi connectivity index (χ2n) is 5.97. The van der Waals surface area contributed by atoms with Crippen molar-refractivity contribution in [1.29, 1.82) is 0 Å². The molecule has 1 aliphatic carbocycles. The van der Waals surface area contributed by atoms with E-state index in [2.05, 4.69) is 41.5 Å². The number of hydrogen-bond donors (Lipinski definition) is 1. The zero-order valence-electron chi connectivity index (χ0n) is 11.4. The van der Waals surface area contributed by atoms with Crippen molar-refractivity contribution >= 4 is 0 Å². The summed E-state index contributed by atoms with van der Waals surface area (Å²) in [6.45, 7) is 3.55. The summed E-state index contributed by atoms with van der Waals surface area (Å²) in [5.74, 6) is 0.967. The summed E-state index contributed by atoms with van der Waals surface area (Å²) in [4.78, 5) is 2.52. The zero-order valence-corrected chi connectivity index (χ0v) is 11.4. The molecule has 0 aromatic heterocycles. The first-order valence-corrected chi connectivity index (χ1v) is 7.32. The maximum atomic E-state index is 3.67. The number of rotatable bonds is 4. The van der Waals surface area contributed by atoms with Crippen LogP contribution in [0.3, 0.4) is 0 Å². The van der Waals surface area contributed by atoms with E-state index < -0.39 is 0 Å². The predicted molar refractivity (Wildman–Crippen MR) is 75.7 cm³/mol. The SMILES string of the molecule is CN(CC1CCC1)CC1NCCc2ccccc21. The molecule has 3 rings (SSSR count). The molecule has 1 heterocycles. The molecule has 1 unspecified atom stereocenters. The first kappa shape index (κ1) is 12.2. The Kier molecular flexibility index (Phi) is 3.67. The van der Waals surface area contributed by atoms with Crippen molar-refractivity contribution in [2.75, 3.05) is 26.7 Å². The Labute approximate surface area is 110 Å². The van der Waals surface area contributed by atoms with E-state index in [1.807, 2.05) is 0 Å². The second-order valence-corrected chi connectivity index (χ2v) is 5.97. The molecule has 2 nitrogen and oxygen atoms in total. The smallest absolute Gasteiger partial charge is 0.0452 e. The van der Waals surface area contributed by atoms with Gasteiger partial charge in [-0.3, -0.25) is 0 Å². The van der Waals surface area contributed by atoms with Gasteiger partial charge in [-0.2, -0.15) is 0 Å². The van der Waals surface area contributed by atoms with Crippen molar-refractivity contribution in [2.45, 2.75) is 31.7 Å². The van der Waals surface area contributed by atoms with Crippen LogP contribution in [0.5, 0.6) is 0 Å². The van der Waals surface area contributed by atoms with Gasteiger partial charge in [-0.1, -0.05) is 30.7 Å². The van der Waals surface area contributed by atoms with Gasteiger partial charge in [0.25, 0.3) is 0 Å². The molecule has 1 atom stereocenters. The number of nitrogens with one attached hydrogen (secondary N) is 1. The molecule has 18 heavy (non-hydrogen) atoms. The van der Waals surface area contributed by atoms with Crippen LogP contribution in [-0.4, -0.2) is 31.6 Å². The quantitative estimate of drug-likeness (QED) is 0.876. The molecular weight excluding hydrogens is 220 g/mol. The van der Waals surface area contributed by atoms with Gasteiger partial charge in [0.15, 0.2) is 0 Å². The number of benzene rings is 1. The van der Waals surface area contributed by atoms with Crippen molar-refractivity contribution < 1.29 is 0 Å². The number of hydrogen-bond acceptors (Lipinski definition) is 2. The lowest BCUT2D eigenvalue weighted by Gasteiger charge is -2.34. The Morgan fingerprint density at radius 3 is 2.83 bits per heavy atom. The molecule has 0 amide bonds. The van der Waals surface area contributed by atoms with E-state index in [4.69, 9.17) is 0 Å². The van der Waals surface area contributed by atoms with E-state index >= 15 is 0 Å². The lowest BCUT2D eigenvalue weighted by molar-refractivity contribution is 0.190. The van der Waals surface area contributed by atoms with Gasteiger partial charge >= 0.3 is 0 Å². The van der Waals surface area contributed by atoms with Gasteiger partial charge in [0.05, 0.1) is 0 Å². The van der Waals surface area contributed by atoms with Crippen LogP contribution in [0, 0.1) is 5.92 Å². The van der Waals surface area contributed by atoms with E-state index in [1.54, 1.807) is 5.56 Å². The van der Waals surface area contributed by atoms with Crippen LogP contribution in [0.2, 0.25) is 0 Å². The maximum absolute atomic E-state index is 3.67. The van der Waals surface area contributed by atoms with Gasteiger partial charge in [0, 0.05) is 19.1 Å². The molecule has 2 heteroatoms. The molecule has 1 fully saturated rings. The minimum Gasteiger partial charge on any atom is -0.309 e. The highest BCUT2D eigenvalue weighted by Gasteiger charge is 2.23. The molecule has 1 saturated carbocycles. The van der Waals surface area contributed by atoms with Crippen LogP contribution in [0.25, 0.3) is 0 Å². The van der Waals surface area contributed by atoms with Gasteiger partial charge in [0.1, 0.15) is 0 Å². The third-order valence-corrected chi connectivity index (χ3v) is 4.50. The van der Waals surface area contributed by atoms with Crippen molar-refractivity contribution in [3.63, 3.8) is 0 Å². The van der Waals surface area contributed by atoms with E-state index in [0.29, 0.717) is 6.04 Å². The molecule has 0 spiro atoms.